The Morgan fingerprint density at radius 2 is 1.69 bits per heavy atom. The van der Waals surface area contributed by atoms with Gasteiger partial charge < -0.3 is 15.8 Å². The summed E-state index contributed by atoms with van der Waals surface area (Å²) in [6.45, 7) is 4.20. The Balaban J connectivity index is 0.000000278. The van der Waals surface area contributed by atoms with Crippen LogP contribution in [0.15, 0.2) is 59.5 Å². The molecule has 2 aromatic carbocycles. The molecule has 0 aromatic heterocycles. The first kappa shape index (κ1) is 25.8. The molecule has 1 fully saturated rings. The maximum absolute atomic E-state index is 11.8. The Morgan fingerprint density at radius 1 is 1.09 bits per heavy atom. The molecule has 3 rings (SSSR count). The lowest BCUT2D eigenvalue weighted by atomic mass is 9.83. The van der Waals surface area contributed by atoms with Gasteiger partial charge in [-0.3, -0.25) is 4.55 Å². The monoisotopic (exact) mass is 462 g/mol. The average molecular weight is 463 g/mol. The van der Waals surface area contributed by atoms with Gasteiger partial charge >= 0.3 is 6.09 Å². The fourth-order valence-corrected chi connectivity index (χ4v) is 4.14. The predicted molar refractivity (Wildman–Crippen MR) is 125 cm³/mol. The number of rotatable bonds is 6. The van der Waals surface area contributed by atoms with E-state index >= 15 is 0 Å². The highest BCUT2D eigenvalue weighted by Crippen LogP contribution is 2.26. The lowest BCUT2D eigenvalue weighted by molar-refractivity contribution is 0.134. The van der Waals surface area contributed by atoms with Gasteiger partial charge in [0.1, 0.15) is 6.61 Å². The van der Waals surface area contributed by atoms with Gasteiger partial charge in [-0.25, -0.2) is 4.79 Å². The predicted octanol–water partition coefficient (Wildman–Crippen LogP) is 4.45. The zero-order valence-electron chi connectivity index (χ0n) is 18.7. The third-order valence-electron chi connectivity index (χ3n) is 5.47. The number of alkyl carbamates (subject to hydrolysis) is 1. The minimum absolute atomic E-state index is 0.0666. The third-order valence-corrected chi connectivity index (χ3v) is 6.34. The summed E-state index contributed by atoms with van der Waals surface area (Å²) in [6, 6.07) is 16.2. The lowest BCUT2D eigenvalue weighted by Crippen LogP contribution is -2.36. The van der Waals surface area contributed by atoms with E-state index in [0.717, 1.165) is 30.4 Å². The summed E-state index contributed by atoms with van der Waals surface area (Å²) >= 11 is 0. The van der Waals surface area contributed by atoms with Gasteiger partial charge in [-0.1, -0.05) is 48.0 Å². The van der Waals surface area contributed by atoms with E-state index in [-0.39, 0.29) is 17.0 Å². The van der Waals surface area contributed by atoms with Crippen LogP contribution in [-0.2, 0) is 21.5 Å². The highest BCUT2D eigenvalue weighted by atomic mass is 32.2. The summed E-state index contributed by atoms with van der Waals surface area (Å²) in [5.74, 6) is 0.675. The minimum atomic E-state index is -4.02. The number of ether oxygens (including phenoxy) is 1. The second kappa shape index (κ2) is 12.6. The van der Waals surface area contributed by atoms with E-state index in [1.807, 2.05) is 44.2 Å². The summed E-state index contributed by atoms with van der Waals surface area (Å²) in [7, 11) is -4.02. The fraction of sp³-hybridized carbons (Fsp3) is 0.458. The van der Waals surface area contributed by atoms with Crippen LogP contribution in [0.5, 0.6) is 0 Å². The number of carbonyl (C=O) groups is 1. The van der Waals surface area contributed by atoms with Crippen molar-refractivity contribution in [1.82, 2.24) is 5.32 Å². The van der Waals surface area contributed by atoms with Gasteiger partial charge in [0, 0.05) is 12.1 Å². The number of carbonyl (C=O) groups excluding carboxylic acids is 1. The van der Waals surface area contributed by atoms with Crippen LogP contribution in [0.4, 0.5) is 4.79 Å². The summed E-state index contributed by atoms with van der Waals surface area (Å²) < 4.78 is 34.8. The molecule has 8 heteroatoms. The maximum Gasteiger partial charge on any atom is 0.407 e. The molecule has 0 unspecified atom stereocenters. The Kier molecular flexibility index (Phi) is 10.2. The van der Waals surface area contributed by atoms with Crippen molar-refractivity contribution in [3.8, 4) is 0 Å². The van der Waals surface area contributed by atoms with Crippen LogP contribution in [-0.4, -0.2) is 31.1 Å². The van der Waals surface area contributed by atoms with Gasteiger partial charge in [-0.2, -0.15) is 8.42 Å². The molecule has 176 valence electrons. The topological polar surface area (TPSA) is 119 Å². The van der Waals surface area contributed by atoms with Crippen molar-refractivity contribution in [3.63, 3.8) is 0 Å². The molecule has 4 N–H and O–H groups in total. The molecule has 32 heavy (non-hydrogen) atoms. The van der Waals surface area contributed by atoms with E-state index in [1.54, 1.807) is 12.1 Å². The standard InChI is InChI=1S/C17H26N2O2.C7H8O3S/c1-13(11-14-7-9-16(18)10-8-14)19-17(20)21-12-15-5-3-2-4-6-15;1-6-2-4-7(5-3-6)11(8,9)10/h2-6,13-14,16H,7-12,18H2,1H3,(H,19,20);2-5H,1H3,(H,8,9,10)/t13-,14-,16-;/m0./s1. The Bertz CT molecular complexity index is 925. The molecular weight excluding hydrogens is 428 g/mol. The number of hydrogen-bond acceptors (Lipinski definition) is 5. The summed E-state index contributed by atoms with van der Waals surface area (Å²) in [5.41, 5.74) is 7.87. The second-order valence-corrected chi connectivity index (χ2v) is 9.83. The zero-order chi connectivity index (χ0) is 23.6. The maximum atomic E-state index is 11.8. The van der Waals surface area contributed by atoms with Crippen molar-refractivity contribution in [1.29, 1.82) is 0 Å². The minimum Gasteiger partial charge on any atom is -0.445 e. The van der Waals surface area contributed by atoms with Crippen LogP contribution in [0.3, 0.4) is 0 Å². The Labute approximate surface area is 191 Å². The number of nitrogens with two attached hydrogens (primary N) is 1. The molecule has 1 aliphatic carbocycles. The molecule has 1 aliphatic rings. The van der Waals surface area contributed by atoms with E-state index in [4.69, 9.17) is 15.0 Å². The molecule has 0 heterocycles. The zero-order valence-corrected chi connectivity index (χ0v) is 19.6. The Morgan fingerprint density at radius 3 is 2.25 bits per heavy atom. The lowest BCUT2D eigenvalue weighted by Gasteiger charge is -2.28. The van der Waals surface area contributed by atoms with E-state index in [1.165, 1.54) is 25.0 Å². The number of benzene rings is 2. The SMILES string of the molecule is C[C@@H](C[C@H]1CC[C@H](N)CC1)NC(=O)OCc1ccccc1.Cc1ccc(S(=O)(=O)O)cc1. The molecule has 0 aliphatic heterocycles. The van der Waals surface area contributed by atoms with Gasteiger partial charge in [0.2, 0.25) is 0 Å². The molecule has 0 radical (unpaired) electrons. The largest absolute Gasteiger partial charge is 0.445 e. The number of amides is 1. The first-order chi connectivity index (χ1) is 15.1. The molecule has 7 nitrogen and oxygen atoms in total. The van der Waals surface area contributed by atoms with Crippen LogP contribution in [0.1, 0.15) is 50.2 Å². The Hall–Kier alpha value is -2.42. The van der Waals surface area contributed by atoms with Gasteiger partial charge in [-0.05, 0) is 69.6 Å². The molecule has 2 aromatic rings. The van der Waals surface area contributed by atoms with Crippen LogP contribution >= 0.6 is 0 Å². The fourth-order valence-electron chi connectivity index (χ4n) is 3.66. The van der Waals surface area contributed by atoms with Crippen molar-refractivity contribution in [2.75, 3.05) is 0 Å². The number of aryl methyl sites for hydroxylation is 1. The smallest absolute Gasteiger partial charge is 0.407 e. The van der Waals surface area contributed by atoms with Crippen molar-refractivity contribution in [2.45, 2.75) is 69.5 Å². The van der Waals surface area contributed by atoms with E-state index in [0.29, 0.717) is 18.6 Å². The number of hydrogen-bond donors (Lipinski definition) is 3. The third kappa shape index (κ3) is 9.80. The number of nitrogens with one attached hydrogen (secondary N) is 1. The van der Waals surface area contributed by atoms with Gasteiger partial charge in [0.05, 0.1) is 4.90 Å². The van der Waals surface area contributed by atoms with E-state index in [9.17, 15) is 13.2 Å². The molecule has 0 spiro atoms. The summed E-state index contributed by atoms with van der Waals surface area (Å²) in [6.07, 6.45) is 5.23. The first-order valence-corrected chi connectivity index (χ1v) is 12.3. The van der Waals surface area contributed by atoms with Crippen LogP contribution in [0, 0.1) is 12.8 Å². The highest BCUT2D eigenvalue weighted by molar-refractivity contribution is 7.85. The molecule has 0 saturated heterocycles. The average Bonchev–Trinajstić information content (AvgIpc) is 2.75. The first-order valence-electron chi connectivity index (χ1n) is 10.9. The van der Waals surface area contributed by atoms with Crippen LogP contribution in [0.25, 0.3) is 0 Å². The van der Waals surface area contributed by atoms with Crippen LogP contribution in [0.2, 0.25) is 0 Å². The molecule has 1 amide bonds. The van der Waals surface area contributed by atoms with Crippen LogP contribution < -0.4 is 11.1 Å². The van der Waals surface area contributed by atoms with Crippen molar-refractivity contribution < 1.29 is 22.5 Å². The summed E-state index contributed by atoms with van der Waals surface area (Å²) in [5, 5.41) is 2.92. The normalized spacial score (nSPS) is 19.2. The second-order valence-electron chi connectivity index (χ2n) is 8.41. The van der Waals surface area contributed by atoms with Gasteiger partial charge in [0.15, 0.2) is 0 Å². The molecule has 0 bridgehead atoms. The van der Waals surface area contributed by atoms with E-state index in [2.05, 4.69) is 5.32 Å². The van der Waals surface area contributed by atoms with Crippen molar-refractivity contribution >= 4 is 16.2 Å². The van der Waals surface area contributed by atoms with Gasteiger partial charge in [-0.15, -0.1) is 0 Å². The highest BCUT2D eigenvalue weighted by Gasteiger charge is 2.21. The van der Waals surface area contributed by atoms with Gasteiger partial charge in [0.25, 0.3) is 10.1 Å². The van der Waals surface area contributed by atoms with Crippen molar-refractivity contribution in [3.05, 3.63) is 65.7 Å². The quantitative estimate of drug-likeness (QED) is 0.546. The molecule has 1 saturated carbocycles. The molecular formula is C24H34N2O5S. The summed E-state index contributed by atoms with van der Waals surface area (Å²) in [4.78, 5) is 11.7. The van der Waals surface area contributed by atoms with Crippen molar-refractivity contribution in [2.24, 2.45) is 11.7 Å². The molecule has 1 atom stereocenters. The van der Waals surface area contributed by atoms with E-state index < -0.39 is 10.1 Å².